The molecule has 2 aromatic heterocycles. The van der Waals surface area contributed by atoms with Crippen molar-refractivity contribution < 1.29 is 22.3 Å². The Labute approximate surface area is 235 Å². The van der Waals surface area contributed by atoms with Gasteiger partial charge in [0, 0.05) is 30.0 Å². The summed E-state index contributed by atoms with van der Waals surface area (Å²) in [5.41, 5.74) is 6.12. The zero-order valence-corrected chi connectivity index (χ0v) is 23.4. The van der Waals surface area contributed by atoms with Gasteiger partial charge in [0.05, 0.1) is 10.6 Å². The Balaban J connectivity index is 0.00000370. The molecule has 0 spiro atoms. The smallest absolute Gasteiger partial charge is 0.291 e. The Hall–Kier alpha value is -3.46. The third-order valence-electron chi connectivity index (χ3n) is 6.95. The number of halogens is 2. The van der Waals surface area contributed by atoms with Crippen molar-refractivity contribution in [3.8, 4) is 5.95 Å². The number of benzene rings is 2. The molecule has 1 saturated carbocycles. The third-order valence-corrected chi connectivity index (χ3v) is 8.95. The van der Waals surface area contributed by atoms with Crippen LogP contribution in [0.25, 0.3) is 16.9 Å². The molecule has 4 aromatic rings. The van der Waals surface area contributed by atoms with E-state index in [9.17, 15) is 22.9 Å². The zero-order valence-electron chi connectivity index (χ0n) is 21.8. The van der Waals surface area contributed by atoms with E-state index in [1.165, 1.54) is 39.3 Å². The van der Waals surface area contributed by atoms with Crippen molar-refractivity contribution in [1.29, 1.82) is 0 Å². The van der Waals surface area contributed by atoms with E-state index in [0.29, 0.717) is 30.3 Å². The molecule has 1 aliphatic rings. The van der Waals surface area contributed by atoms with Gasteiger partial charge in [-0.15, -0.1) is 12.4 Å². The summed E-state index contributed by atoms with van der Waals surface area (Å²) in [5.74, 6) is -0.292. The lowest BCUT2D eigenvalue weighted by atomic mass is 9.80. The van der Waals surface area contributed by atoms with E-state index in [2.05, 4.69) is 15.2 Å². The van der Waals surface area contributed by atoms with Crippen molar-refractivity contribution in [3.05, 3.63) is 70.0 Å². The van der Waals surface area contributed by atoms with Crippen molar-refractivity contribution in [3.63, 3.8) is 0 Å². The van der Waals surface area contributed by atoms with Gasteiger partial charge in [-0.1, -0.05) is 38.1 Å². The number of rotatable bonds is 10. The molecule has 1 aliphatic carbocycles. The van der Waals surface area contributed by atoms with Crippen LogP contribution in [0.1, 0.15) is 56.5 Å². The Morgan fingerprint density at radius 2 is 1.95 bits per heavy atom. The second-order valence-electron chi connectivity index (χ2n) is 9.83. The Morgan fingerprint density at radius 3 is 2.62 bits per heavy atom. The molecule has 12 nitrogen and oxygen atoms in total. The van der Waals surface area contributed by atoms with Crippen molar-refractivity contribution in [2.45, 2.75) is 55.9 Å². The summed E-state index contributed by atoms with van der Waals surface area (Å²) in [6, 6.07) is 9.62. The number of hydrogen-bond acceptors (Lipinski definition) is 9. The predicted octanol–water partition coefficient (Wildman–Crippen LogP) is 4.29. The van der Waals surface area contributed by atoms with Crippen LogP contribution in [0.15, 0.2) is 51.9 Å². The molecule has 0 atom stereocenters. The van der Waals surface area contributed by atoms with Gasteiger partial charge in [-0.05, 0) is 49.0 Å². The average Bonchev–Trinajstić information content (AvgIpc) is 3.51. The van der Waals surface area contributed by atoms with E-state index >= 15 is 0 Å². The van der Waals surface area contributed by atoms with Crippen LogP contribution in [0, 0.1) is 15.9 Å². The number of sulfonamides is 1. The number of nitro groups is 1. The van der Waals surface area contributed by atoms with Crippen LogP contribution in [0.3, 0.4) is 0 Å². The molecule has 214 valence electrons. The summed E-state index contributed by atoms with van der Waals surface area (Å²) in [5, 5.41) is 20.7. The molecule has 0 amide bonds. The Morgan fingerprint density at radius 1 is 1.23 bits per heavy atom. The molecule has 0 radical (unpaired) electrons. The first-order chi connectivity index (χ1) is 18.6. The molecule has 2 aromatic carbocycles. The summed E-state index contributed by atoms with van der Waals surface area (Å²) in [6.07, 6.45) is 1.14. The maximum absolute atomic E-state index is 14.8. The number of nitro benzene ring substituents is 1. The summed E-state index contributed by atoms with van der Waals surface area (Å²) in [7, 11) is -4.17. The Kier molecular flexibility index (Phi) is 8.54. The van der Waals surface area contributed by atoms with E-state index in [1.54, 1.807) is 12.1 Å². The predicted molar refractivity (Wildman–Crippen MR) is 147 cm³/mol. The monoisotopic (exact) mass is 593 g/mol. The standard InChI is InChI=1S/C25H28FN7O5S.ClH/c1-15(2)22-18-7-5-8-19(26)23(18)32(29-22)25-28-24(38-30-25)16-13-17(14-16)31(12-6-11-27)39(36,37)21-10-4-3-9-20(21)33(34)35;/h3-5,7-10,15-17H,6,11-14,27H2,1-2H3;1H. The molecule has 5 rings (SSSR count). The average molecular weight is 594 g/mol. The lowest BCUT2D eigenvalue weighted by Gasteiger charge is -2.40. The molecule has 0 unspecified atom stereocenters. The van der Waals surface area contributed by atoms with Crippen LogP contribution in [-0.4, -0.2) is 56.7 Å². The fourth-order valence-corrected chi connectivity index (χ4v) is 6.77. The van der Waals surface area contributed by atoms with Crippen LogP contribution in [0.5, 0.6) is 0 Å². The SMILES string of the molecule is CC(C)c1nn(-c2noc(C3CC(N(CCCN)S(=O)(=O)c4ccccc4[N+](=O)[O-])C3)n2)c2c(F)cccc12.Cl. The molecular weight excluding hydrogens is 565 g/mol. The number of aromatic nitrogens is 4. The number of nitrogens with two attached hydrogens (primary N) is 1. The number of hydrogen-bond donors (Lipinski definition) is 1. The first kappa shape index (κ1) is 29.5. The molecule has 0 bridgehead atoms. The van der Waals surface area contributed by atoms with Crippen LogP contribution in [0.2, 0.25) is 0 Å². The van der Waals surface area contributed by atoms with Gasteiger partial charge < -0.3 is 10.3 Å². The van der Waals surface area contributed by atoms with Crippen molar-refractivity contribution in [2.75, 3.05) is 13.1 Å². The lowest BCUT2D eigenvalue weighted by Crippen LogP contribution is -2.48. The molecule has 0 saturated heterocycles. The van der Waals surface area contributed by atoms with Gasteiger partial charge in [0.15, 0.2) is 4.90 Å². The fourth-order valence-electron chi connectivity index (χ4n) is 4.92. The number of nitrogens with zero attached hydrogens (tertiary/aromatic N) is 6. The van der Waals surface area contributed by atoms with Crippen molar-refractivity contribution in [1.82, 2.24) is 24.2 Å². The van der Waals surface area contributed by atoms with Crippen LogP contribution in [0.4, 0.5) is 10.1 Å². The van der Waals surface area contributed by atoms with Crippen molar-refractivity contribution >= 4 is 39.0 Å². The van der Waals surface area contributed by atoms with E-state index in [-0.39, 0.29) is 59.6 Å². The topological polar surface area (TPSA) is 163 Å². The fraction of sp³-hybridized carbons (Fsp3) is 0.400. The normalized spacial score (nSPS) is 17.2. The highest BCUT2D eigenvalue weighted by Gasteiger charge is 2.44. The summed E-state index contributed by atoms with van der Waals surface area (Å²) in [4.78, 5) is 14.9. The lowest BCUT2D eigenvalue weighted by molar-refractivity contribution is -0.387. The quantitative estimate of drug-likeness (QED) is 0.209. The van der Waals surface area contributed by atoms with Gasteiger partial charge in [0.2, 0.25) is 15.9 Å². The maximum Gasteiger partial charge on any atom is 0.291 e. The molecule has 2 heterocycles. The maximum atomic E-state index is 14.8. The first-order valence-corrected chi connectivity index (χ1v) is 14.0. The minimum absolute atomic E-state index is 0. The minimum Gasteiger partial charge on any atom is -0.337 e. The molecule has 0 aliphatic heterocycles. The first-order valence-electron chi connectivity index (χ1n) is 12.6. The van der Waals surface area contributed by atoms with Gasteiger partial charge in [0.25, 0.3) is 11.6 Å². The van der Waals surface area contributed by atoms with Crippen LogP contribution < -0.4 is 5.73 Å². The highest BCUT2D eigenvalue weighted by molar-refractivity contribution is 7.89. The second kappa shape index (κ2) is 11.6. The highest BCUT2D eigenvalue weighted by Crippen LogP contribution is 2.42. The van der Waals surface area contributed by atoms with Gasteiger partial charge >= 0.3 is 0 Å². The van der Waals surface area contributed by atoms with Crippen LogP contribution >= 0.6 is 12.4 Å². The van der Waals surface area contributed by atoms with E-state index in [0.717, 1.165) is 0 Å². The van der Waals surface area contributed by atoms with Crippen molar-refractivity contribution in [2.24, 2.45) is 5.73 Å². The highest BCUT2D eigenvalue weighted by atomic mass is 35.5. The molecule has 15 heteroatoms. The van der Waals surface area contributed by atoms with E-state index in [4.69, 9.17) is 10.3 Å². The van der Waals surface area contributed by atoms with Crippen LogP contribution in [-0.2, 0) is 10.0 Å². The van der Waals surface area contributed by atoms with E-state index < -0.39 is 32.5 Å². The van der Waals surface area contributed by atoms with E-state index in [1.807, 2.05) is 13.8 Å². The largest absolute Gasteiger partial charge is 0.337 e. The molecule has 1 fully saturated rings. The number of fused-ring (bicyclic) bond motifs is 1. The zero-order chi connectivity index (χ0) is 27.9. The Bertz CT molecular complexity index is 1640. The van der Waals surface area contributed by atoms with Gasteiger partial charge in [-0.25, -0.2) is 12.8 Å². The minimum atomic E-state index is -4.17. The summed E-state index contributed by atoms with van der Waals surface area (Å²) in [6.45, 7) is 4.30. The second-order valence-corrected chi connectivity index (χ2v) is 11.7. The van der Waals surface area contributed by atoms with Gasteiger partial charge in [0.1, 0.15) is 11.3 Å². The summed E-state index contributed by atoms with van der Waals surface area (Å²) >= 11 is 0. The third kappa shape index (κ3) is 5.19. The number of para-hydroxylation sites is 2. The molecular formula is C25H29ClFN7O5S. The molecule has 2 N–H and O–H groups in total. The summed E-state index contributed by atoms with van der Waals surface area (Å²) < 4.78 is 49.9. The molecule has 40 heavy (non-hydrogen) atoms. The van der Waals surface area contributed by atoms with Gasteiger partial charge in [-0.3, -0.25) is 10.1 Å². The van der Waals surface area contributed by atoms with Gasteiger partial charge in [-0.2, -0.15) is 19.1 Å².